The van der Waals surface area contributed by atoms with Crippen LogP contribution in [-0.2, 0) is 0 Å². The van der Waals surface area contributed by atoms with Crippen molar-refractivity contribution < 1.29 is 9.31 Å². The Morgan fingerprint density at radius 3 is 2.57 bits per heavy atom. The number of hydrogen-bond donors (Lipinski definition) is 0. The van der Waals surface area contributed by atoms with Crippen molar-refractivity contribution in [2.75, 3.05) is 0 Å². The minimum atomic E-state index is -0.616. The van der Waals surface area contributed by atoms with Gasteiger partial charge in [-0.15, -0.1) is 0 Å². The predicted octanol–water partition coefficient (Wildman–Crippen LogP) is 3.16. The minimum absolute atomic E-state index is 0.228. The number of hydrogen-bond acceptors (Lipinski definition) is 2. The highest BCUT2D eigenvalue weighted by molar-refractivity contribution is 5.54. The first kappa shape index (κ1) is 10.4. The Morgan fingerprint density at radius 2 is 2.14 bits per heavy atom. The SMILES string of the molecule is CC(C)=Cc1ccc([N+](=O)[O-])cc1F. The third kappa shape index (κ3) is 2.39. The van der Waals surface area contributed by atoms with E-state index in [1.807, 2.05) is 13.8 Å². The van der Waals surface area contributed by atoms with Crippen molar-refractivity contribution in [1.29, 1.82) is 0 Å². The van der Waals surface area contributed by atoms with Crippen molar-refractivity contribution in [2.24, 2.45) is 0 Å². The highest BCUT2D eigenvalue weighted by Gasteiger charge is 2.08. The molecule has 0 aliphatic heterocycles. The lowest BCUT2D eigenvalue weighted by Gasteiger charge is -1.97. The average molecular weight is 195 g/mol. The normalized spacial score (nSPS) is 9.64. The molecule has 0 atom stereocenters. The number of nitro groups is 1. The quantitative estimate of drug-likeness (QED) is 0.537. The Bertz CT molecular complexity index is 395. The molecule has 0 aromatic heterocycles. The summed E-state index contributed by atoms with van der Waals surface area (Å²) in [5.41, 5.74) is 1.08. The van der Waals surface area contributed by atoms with Crippen LogP contribution in [0.3, 0.4) is 0 Å². The molecule has 0 bridgehead atoms. The molecule has 0 spiro atoms. The second kappa shape index (κ2) is 4.00. The molecular weight excluding hydrogens is 185 g/mol. The van der Waals surface area contributed by atoms with E-state index < -0.39 is 10.7 Å². The fourth-order valence-corrected chi connectivity index (χ4v) is 1.06. The highest BCUT2D eigenvalue weighted by atomic mass is 19.1. The molecule has 1 aromatic carbocycles. The van der Waals surface area contributed by atoms with Crippen LogP contribution in [0.4, 0.5) is 10.1 Å². The Balaban J connectivity index is 3.14. The van der Waals surface area contributed by atoms with Crippen molar-refractivity contribution >= 4 is 11.8 Å². The zero-order chi connectivity index (χ0) is 10.7. The van der Waals surface area contributed by atoms with Crippen molar-refractivity contribution in [1.82, 2.24) is 0 Å². The first-order chi connectivity index (χ1) is 6.50. The smallest absolute Gasteiger partial charge is 0.258 e. The summed E-state index contributed by atoms with van der Waals surface area (Å²) in [4.78, 5) is 9.69. The summed E-state index contributed by atoms with van der Waals surface area (Å²) < 4.78 is 13.2. The van der Waals surface area contributed by atoms with Crippen LogP contribution in [0.5, 0.6) is 0 Å². The van der Waals surface area contributed by atoms with E-state index in [9.17, 15) is 14.5 Å². The van der Waals surface area contributed by atoms with Gasteiger partial charge in [-0.2, -0.15) is 0 Å². The molecule has 0 N–H and O–H groups in total. The number of nitro benzene ring substituents is 1. The maximum Gasteiger partial charge on any atom is 0.272 e. The van der Waals surface area contributed by atoms with E-state index in [2.05, 4.69) is 0 Å². The van der Waals surface area contributed by atoms with E-state index in [4.69, 9.17) is 0 Å². The van der Waals surface area contributed by atoms with Gasteiger partial charge in [-0.25, -0.2) is 4.39 Å². The first-order valence-corrected chi connectivity index (χ1v) is 4.09. The summed E-state index contributed by atoms with van der Waals surface area (Å²) in [7, 11) is 0. The number of non-ortho nitro benzene ring substituents is 1. The van der Waals surface area contributed by atoms with Crippen LogP contribution in [0.15, 0.2) is 23.8 Å². The third-order valence-corrected chi connectivity index (χ3v) is 1.64. The maximum absolute atomic E-state index is 13.2. The summed E-state index contributed by atoms with van der Waals surface area (Å²) in [6.07, 6.45) is 1.64. The molecule has 74 valence electrons. The molecule has 0 aliphatic carbocycles. The van der Waals surface area contributed by atoms with Gasteiger partial charge < -0.3 is 0 Å². The van der Waals surface area contributed by atoms with Gasteiger partial charge in [0.2, 0.25) is 0 Å². The maximum atomic E-state index is 13.2. The van der Waals surface area contributed by atoms with Gasteiger partial charge in [-0.05, 0) is 19.9 Å². The summed E-state index contributed by atoms with van der Waals surface area (Å²) in [6, 6.07) is 3.62. The first-order valence-electron chi connectivity index (χ1n) is 4.09. The number of halogens is 1. The topological polar surface area (TPSA) is 43.1 Å². The van der Waals surface area contributed by atoms with Crippen molar-refractivity contribution in [3.8, 4) is 0 Å². The molecule has 0 amide bonds. The molecule has 14 heavy (non-hydrogen) atoms. The number of rotatable bonds is 2. The number of benzene rings is 1. The second-order valence-electron chi connectivity index (χ2n) is 3.18. The van der Waals surface area contributed by atoms with E-state index in [0.29, 0.717) is 5.56 Å². The molecule has 1 aromatic rings. The van der Waals surface area contributed by atoms with E-state index in [1.165, 1.54) is 12.1 Å². The van der Waals surface area contributed by atoms with Crippen LogP contribution in [0.25, 0.3) is 6.08 Å². The van der Waals surface area contributed by atoms with Crippen LogP contribution in [0, 0.1) is 15.9 Å². The predicted molar refractivity (Wildman–Crippen MR) is 52.4 cm³/mol. The summed E-state index contributed by atoms with van der Waals surface area (Å²) >= 11 is 0. The van der Waals surface area contributed by atoms with Crippen LogP contribution in [0.2, 0.25) is 0 Å². The molecule has 4 heteroatoms. The zero-order valence-electron chi connectivity index (χ0n) is 7.95. The van der Waals surface area contributed by atoms with Crippen molar-refractivity contribution in [3.05, 3.63) is 45.3 Å². The average Bonchev–Trinajstić information content (AvgIpc) is 2.07. The molecule has 0 fully saturated rings. The largest absolute Gasteiger partial charge is 0.272 e. The molecule has 1 rings (SSSR count). The third-order valence-electron chi connectivity index (χ3n) is 1.64. The molecule has 0 radical (unpaired) electrons. The Hall–Kier alpha value is -1.71. The summed E-state index contributed by atoms with van der Waals surface area (Å²) in [6.45, 7) is 3.67. The lowest BCUT2D eigenvalue weighted by molar-refractivity contribution is -0.385. The Labute approximate surface area is 81.0 Å². The van der Waals surface area contributed by atoms with Crippen molar-refractivity contribution in [3.63, 3.8) is 0 Å². The molecule has 0 aliphatic rings. The lowest BCUT2D eigenvalue weighted by atomic mass is 10.1. The highest BCUT2D eigenvalue weighted by Crippen LogP contribution is 2.18. The van der Waals surface area contributed by atoms with Gasteiger partial charge in [0.05, 0.1) is 11.0 Å². The summed E-state index contributed by atoms with van der Waals surface area (Å²) in [5.74, 6) is -0.569. The van der Waals surface area contributed by atoms with Gasteiger partial charge in [-0.1, -0.05) is 11.6 Å². The molecule has 0 heterocycles. The van der Waals surface area contributed by atoms with Crippen molar-refractivity contribution in [2.45, 2.75) is 13.8 Å². The fraction of sp³-hybridized carbons (Fsp3) is 0.200. The van der Waals surface area contributed by atoms with E-state index in [1.54, 1.807) is 6.08 Å². The molecular formula is C10H10FNO2. The molecule has 0 saturated heterocycles. The zero-order valence-corrected chi connectivity index (χ0v) is 7.95. The van der Waals surface area contributed by atoms with Crippen LogP contribution >= 0.6 is 0 Å². The van der Waals surface area contributed by atoms with Gasteiger partial charge in [0, 0.05) is 11.6 Å². The van der Waals surface area contributed by atoms with E-state index >= 15 is 0 Å². The second-order valence-corrected chi connectivity index (χ2v) is 3.18. The fourth-order valence-electron chi connectivity index (χ4n) is 1.06. The van der Waals surface area contributed by atoms with Crippen LogP contribution < -0.4 is 0 Å². The summed E-state index contributed by atoms with van der Waals surface area (Å²) in [5, 5.41) is 10.3. The Kier molecular flexibility index (Phi) is 2.96. The number of allylic oxidation sites excluding steroid dienone is 1. The standard InChI is InChI=1S/C10H10FNO2/c1-7(2)5-8-3-4-9(12(13)14)6-10(8)11/h3-6H,1-2H3. The van der Waals surface area contributed by atoms with Gasteiger partial charge in [0.25, 0.3) is 5.69 Å². The number of nitrogens with zero attached hydrogens (tertiary/aromatic N) is 1. The monoisotopic (exact) mass is 195 g/mol. The van der Waals surface area contributed by atoms with Gasteiger partial charge >= 0.3 is 0 Å². The molecule has 3 nitrogen and oxygen atoms in total. The lowest BCUT2D eigenvalue weighted by Crippen LogP contribution is -1.90. The van der Waals surface area contributed by atoms with E-state index in [0.717, 1.165) is 11.6 Å². The van der Waals surface area contributed by atoms with Gasteiger partial charge in [0.1, 0.15) is 5.82 Å². The van der Waals surface area contributed by atoms with Crippen LogP contribution in [-0.4, -0.2) is 4.92 Å². The Morgan fingerprint density at radius 1 is 1.50 bits per heavy atom. The van der Waals surface area contributed by atoms with Gasteiger partial charge in [-0.3, -0.25) is 10.1 Å². The minimum Gasteiger partial charge on any atom is -0.258 e. The van der Waals surface area contributed by atoms with Crippen LogP contribution in [0.1, 0.15) is 19.4 Å². The molecule has 0 unspecified atom stereocenters. The molecule has 0 saturated carbocycles. The van der Waals surface area contributed by atoms with Gasteiger partial charge in [0.15, 0.2) is 0 Å². The van der Waals surface area contributed by atoms with E-state index in [-0.39, 0.29) is 5.69 Å².